The molecule has 0 spiro atoms. The number of hydrogen-bond donors (Lipinski definition) is 2. The third-order valence-electron chi connectivity index (χ3n) is 4.48. The first kappa shape index (κ1) is 17.9. The second-order valence-corrected chi connectivity index (χ2v) is 7.09. The lowest BCUT2D eigenvalue weighted by Crippen LogP contribution is -2.46. The second-order valence-electron chi connectivity index (χ2n) is 7.09. The number of nitrogens with zero attached hydrogens (tertiary/aromatic N) is 1. The summed E-state index contributed by atoms with van der Waals surface area (Å²) in [5.74, 6) is 0.722. The molecule has 3 nitrogen and oxygen atoms in total. The molecule has 1 rings (SSSR count). The maximum Gasteiger partial charge on any atom is 0.0558 e. The normalized spacial score (nSPS) is 18.9. The van der Waals surface area contributed by atoms with Crippen LogP contribution in [0.2, 0.25) is 0 Å². The molecule has 0 atom stereocenters. The van der Waals surface area contributed by atoms with Gasteiger partial charge in [0.2, 0.25) is 0 Å². The summed E-state index contributed by atoms with van der Waals surface area (Å²) >= 11 is 0. The zero-order valence-electron chi connectivity index (χ0n) is 14.0. The highest BCUT2D eigenvalue weighted by Gasteiger charge is 2.33. The highest BCUT2D eigenvalue weighted by atomic mass is 16.3. The van der Waals surface area contributed by atoms with Gasteiger partial charge in [0, 0.05) is 19.6 Å². The number of hydrogen-bond acceptors (Lipinski definition) is 3. The minimum Gasteiger partial charge on any atom is -0.395 e. The summed E-state index contributed by atoms with van der Waals surface area (Å²) in [5, 5.41) is 13.0. The number of rotatable bonds is 10. The van der Waals surface area contributed by atoms with E-state index >= 15 is 0 Å². The molecular weight excluding hydrogens is 248 g/mol. The summed E-state index contributed by atoms with van der Waals surface area (Å²) in [6.07, 6.45) is 8.04. The lowest BCUT2D eigenvalue weighted by atomic mass is 9.73. The van der Waals surface area contributed by atoms with Gasteiger partial charge in [0.15, 0.2) is 0 Å². The molecule has 0 heterocycles. The predicted molar refractivity (Wildman–Crippen MR) is 87.0 cm³/mol. The minimum absolute atomic E-state index is 0.287. The van der Waals surface area contributed by atoms with Crippen LogP contribution in [0, 0.1) is 11.3 Å². The van der Waals surface area contributed by atoms with Crippen molar-refractivity contribution in [3.8, 4) is 0 Å². The van der Waals surface area contributed by atoms with Crippen molar-refractivity contribution in [2.75, 3.05) is 39.3 Å². The van der Waals surface area contributed by atoms with Crippen LogP contribution in [0.25, 0.3) is 0 Å². The summed E-state index contributed by atoms with van der Waals surface area (Å²) in [6.45, 7) is 12.4. The first-order chi connectivity index (χ1) is 9.62. The minimum atomic E-state index is 0.287. The molecule has 1 saturated carbocycles. The molecule has 2 N–H and O–H groups in total. The van der Waals surface area contributed by atoms with E-state index in [2.05, 4.69) is 31.0 Å². The molecular formula is C17H36N2O. The molecule has 1 fully saturated rings. The first-order valence-corrected chi connectivity index (χ1v) is 8.66. The Morgan fingerprint density at radius 3 is 2.40 bits per heavy atom. The fraction of sp³-hybridized carbons (Fsp3) is 1.00. The molecule has 0 aromatic rings. The standard InChI is InChI=1S/C17H36N2O/c1-4-10-19(11-12-20)15-17(8-6-5-7-9-17)14-18-13-16(2)3/h16,18,20H,4-15H2,1-3H3. The Morgan fingerprint density at radius 1 is 1.15 bits per heavy atom. The monoisotopic (exact) mass is 284 g/mol. The lowest BCUT2D eigenvalue weighted by molar-refractivity contribution is 0.0882. The highest BCUT2D eigenvalue weighted by molar-refractivity contribution is 4.88. The Kier molecular flexibility index (Phi) is 8.74. The largest absolute Gasteiger partial charge is 0.395 e. The summed E-state index contributed by atoms with van der Waals surface area (Å²) < 4.78 is 0. The Balaban J connectivity index is 2.56. The zero-order valence-corrected chi connectivity index (χ0v) is 14.0. The summed E-state index contributed by atoms with van der Waals surface area (Å²) in [6, 6.07) is 0. The van der Waals surface area contributed by atoms with Crippen molar-refractivity contribution in [1.29, 1.82) is 0 Å². The van der Waals surface area contributed by atoms with E-state index in [-0.39, 0.29) is 6.61 Å². The van der Waals surface area contributed by atoms with Crippen molar-refractivity contribution in [1.82, 2.24) is 10.2 Å². The van der Waals surface area contributed by atoms with Crippen molar-refractivity contribution >= 4 is 0 Å². The Morgan fingerprint density at radius 2 is 1.85 bits per heavy atom. The zero-order chi connectivity index (χ0) is 14.8. The van der Waals surface area contributed by atoms with Crippen LogP contribution in [0.3, 0.4) is 0 Å². The van der Waals surface area contributed by atoms with E-state index in [4.69, 9.17) is 0 Å². The summed E-state index contributed by atoms with van der Waals surface area (Å²) in [7, 11) is 0. The maximum absolute atomic E-state index is 9.27. The molecule has 0 aromatic carbocycles. The number of nitrogens with one attached hydrogen (secondary N) is 1. The van der Waals surface area contributed by atoms with Gasteiger partial charge in [-0.1, -0.05) is 40.0 Å². The van der Waals surface area contributed by atoms with Crippen molar-refractivity contribution < 1.29 is 5.11 Å². The first-order valence-electron chi connectivity index (χ1n) is 8.66. The quantitative estimate of drug-likeness (QED) is 0.647. The van der Waals surface area contributed by atoms with E-state index < -0.39 is 0 Å². The topological polar surface area (TPSA) is 35.5 Å². The number of aliphatic hydroxyl groups excluding tert-OH is 1. The molecule has 0 amide bonds. The molecule has 0 saturated heterocycles. The fourth-order valence-corrected chi connectivity index (χ4v) is 3.52. The van der Waals surface area contributed by atoms with Gasteiger partial charge >= 0.3 is 0 Å². The van der Waals surface area contributed by atoms with Gasteiger partial charge in [0.05, 0.1) is 6.61 Å². The van der Waals surface area contributed by atoms with E-state index in [1.165, 1.54) is 38.5 Å². The van der Waals surface area contributed by atoms with Crippen molar-refractivity contribution in [2.45, 2.75) is 59.3 Å². The van der Waals surface area contributed by atoms with Crippen LogP contribution in [0.1, 0.15) is 59.3 Å². The predicted octanol–water partition coefficient (Wildman–Crippen LogP) is 2.89. The Labute approximate surface area is 126 Å². The maximum atomic E-state index is 9.27. The van der Waals surface area contributed by atoms with Gasteiger partial charge in [0.25, 0.3) is 0 Å². The number of aliphatic hydroxyl groups is 1. The summed E-state index contributed by atoms with van der Waals surface area (Å²) in [4.78, 5) is 2.47. The van der Waals surface area contributed by atoms with Crippen LogP contribution in [0.15, 0.2) is 0 Å². The van der Waals surface area contributed by atoms with Gasteiger partial charge in [0.1, 0.15) is 0 Å². The summed E-state index contributed by atoms with van der Waals surface area (Å²) in [5.41, 5.74) is 0.442. The average molecular weight is 284 g/mol. The third kappa shape index (κ3) is 6.55. The molecule has 0 aromatic heterocycles. The van der Waals surface area contributed by atoms with Crippen LogP contribution < -0.4 is 5.32 Å². The Bertz CT molecular complexity index is 231. The van der Waals surface area contributed by atoms with Gasteiger partial charge in [-0.25, -0.2) is 0 Å². The molecule has 20 heavy (non-hydrogen) atoms. The fourth-order valence-electron chi connectivity index (χ4n) is 3.52. The molecule has 0 radical (unpaired) electrons. The molecule has 1 aliphatic rings. The third-order valence-corrected chi connectivity index (χ3v) is 4.48. The van der Waals surface area contributed by atoms with Gasteiger partial charge in [-0.15, -0.1) is 0 Å². The van der Waals surface area contributed by atoms with Gasteiger partial charge in [-0.2, -0.15) is 0 Å². The van der Waals surface area contributed by atoms with E-state index in [0.717, 1.165) is 38.6 Å². The van der Waals surface area contributed by atoms with Crippen LogP contribution in [-0.2, 0) is 0 Å². The molecule has 120 valence electrons. The van der Waals surface area contributed by atoms with Crippen LogP contribution >= 0.6 is 0 Å². The Hall–Kier alpha value is -0.120. The molecule has 1 aliphatic carbocycles. The van der Waals surface area contributed by atoms with Crippen LogP contribution in [-0.4, -0.2) is 49.3 Å². The van der Waals surface area contributed by atoms with Crippen LogP contribution in [0.4, 0.5) is 0 Å². The van der Waals surface area contributed by atoms with E-state index in [0.29, 0.717) is 5.41 Å². The molecule has 3 heteroatoms. The molecule has 0 aliphatic heterocycles. The van der Waals surface area contributed by atoms with E-state index in [1.54, 1.807) is 0 Å². The van der Waals surface area contributed by atoms with E-state index in [1.807, 2.05) is 0 Å². The molecule has 0 unspecified atom stereocenters. The lowest BCUT2D eigenvalue weighted by Gasteiger charge is -2.41. The highest BCUT2D eigenvalue weighted by Crippen LogP contribution is 2.36. The second kappa shape index (κ2) is 9.75. The van der Waals surface area contributed by atoms with E-state index in [9.17, 15) is 5.11 Å². The van der Waals surface area contributed by atoms with Gasteiger partial charge in [-0.3, -0.25) is 0 Å². The average Bonchev–Trinajstić information content (AvgIpc) is 2.40. The van der Waals surface area contributed by atoms with Crippen molar-refractivity contribution in [3.05, 3.63) is 0 Å². The van der Waals surface area contributed by atoms with Gasteiger partial charge in [-0.05, 0) is 43.7 Å². The van der Waals surface area contributed by atoms with Crippen LogP contribution in [0.5, 0.6) is 0 Å². The van der Waals surface area contributed by atoms with Gasteiger partial charge < -0.3 is 15.3 Å². The SMILES string of the molecule is CCCN(CCO)CC1(CNCC(C)C)CCCCC1. The smallest absolute Gasteiger partial charge is 0.0558 e. The van der Waals surface area contributed by atoms with Crippen molar-refractivity contribution in [2.24, 2.45) is 11.3 Å². The molecule has 0 bridgehead atoms. The van der Waals surface area contributed by atoms with Crippen molar-refractivity contribution in [3.63, 3.8) is 0 Å².